The second-order valence-electron chi connectivity index (χ2n) is 6.09. The van der Waals surface area contributed by atoms with Crippen LogP contribution in [0.5, 0.6) is 0 Å². The second-order valence-corrected chi connectivity index (χ2v) is 7.34. The Labute approximate surface area is 121 Å². The van der Waals surface area contributed by atoms with Crippen LogP contribution >= 0.6 is 11.3 Å². The Morgan fingerprint density at radius 3 is 2.47 bits per heavy atom. The summed E-state index contributed by atoms with van der Waals surface area (Å²) in [5, 5.41) is 3.51. The van der Waals surface area contributed by atoms with Gasteiger partial charge in [-0.15, -0.1) is 11.3 Å². The van der Waals surface area contributed by atoms with Crippen LogP contribution < -0.4 is 5.32 Å². The number of aryl methyl sites for hydroxylation is 1. The minimum atomic E-state index is 0.751. The van der Waals surface area contributed by atoms with Gasteiger partial charge in [-0.1, -0.05) is 13.3 Å². The van der Waals surface area contributed by atoms with Gasteiger partial charge in [0, 0.05) is 34.4 Å². The Morgan fingerprint density at radius 1 is 1.21 bits per heavy atom. The molecule has 2 atom stereocenters. The molecule has 1 aromatic rings. The van der Waals surface area contributed by atoms with Gasteiger partial charge in [-0.25, -0.2) is 0 Å². The van der Waals surface area contributed by atoms with Gasteiger partial charge in [0.05, 0.1) is 0 Å². The SMILES string of the molecule is CCc1ccc(CN2C3CCCC2CC(NC)C3)s1. The molecule has 0 saturated carbocycles. The minimum absolute atomic E-state index is 0.751. The zero-order chi connectivity index (χ0) is 13.2. The first-order chi connectivity index (χ1) is 9.30. The lowest BCUT2D eigenvalue weighted by atomic mass is 9.82. The highest BCUT2D eigenvalue weighted by Crippen LogP contribution is 2.35. The minimum Gasteiger partial charge on any atom is -0.317 e. The number of piperidine rings is 2. The molecule has 2 fully saturated rings. The van der Waals surface area contributed by atoms with Crippen LogP contribution in [0, 0.1) is 0 Å². The third kappa shape index (κ3) is 2.88. The predicted octanol–water partition coefficient (Wildman–Crippen LogP) is 3.42. The molecule has 2 nitrogen and oxygen atoms in total. The lowest BCUT2D eigenvalue weighted by Gasteiger charge is -2.48. The maximum absolute atomic E-state index is 3.51. The van der Waals surface area contributed by atoms with E-state index in [4.69, 9.17) is 0 Å². The summed E-state index contributed by atoms with van der Waals surface area (Å²) < 4.78 is 0. The number of hydrogen-bond donors (Lipinski definition) is 1. The summed E-state index contributed by atoms with van der Waals surface area (Å²) in [5.74, 6) is 0. The fraction of sp³-hybridized carbons (Fsp3) is 0.750. The molecule has 3 heterocycles. The van der Waals surface area contributed by atoms with E-state index in [0.29, 0.717) is 0 Å². The first-order valence-corrected chi connectivity index (χ1v) is 8.62. The van der Waals surface area contributed by atoms with Gasteiger partial charge in [0.25, 0.3) is 0 Å². The molecule has 2 aliphatic heterocycles. The Balaban J connectivity index is 1.70. The molecular formula is C16H26N2S. The summed E-state index contributed by atoms with van der Waals surface area (Å²) in [5.41, 5.74) is 0. The Morgan fingerprint density at radius 2 is 1.89 bits per heavy atom. The van der Waals surface area contributed by atoms with E-state index in [2.05, 4.69) is 36.3 Å². The average molecular weight is 278 g/mol. The van der Waals surface area contributed by atoms with Gasteiger partial charge >= 0.3 is 0 Å². The second kappa shape index (κ2) is 5.94. The van der Waals surface area contributed by atoms with Gasteiger partial charge in [-0.3, -0.25) is 4.90 Å². The van der Waals surface area contributed by atoms with Crippen LogP contribution in [0.25, 0.3) is 0 Å². The summed E-state index contributed by atoms with van der Waals surface area (Å²) in [4.78, 5) is 5.91. The summed E-state index contributed by atoms with van der Waals surface area (Å²) in [6.45, 7) is 3.44. The van der Waals surface area contributed by atoms with Crippen molar-refractivity contribution in [1.29, 1.82) is 0 Å². The summed E-state index contributed by atoms with van der Waals surface area (Å²) >= 11 is 2.01. The van der Waals surface area contributed by atoms with E-state index in [1.807, 2.05) is 11.3 Å². The van der Waals surface area contributed by atoms with Crippen LogP contribution in [-0.2, 0) is 13.0 Å². The highest BCUT2D eigenvalue weighted by Gasteiger charge is 2.37. The van der Waals surface area contributed by atoms with Crippen molar-refractivity contribution >= 4 is 11.3 Å². The van der Waals surface area contributed by atoms with Gasteiger partial charge in [0.2, 0.25) is 0 Å². The van der Waals surface area contributed by atoms with E-state index in [-0.39, 0.29) is 0 Å². The van der Waals surface area contributed by atoms with Crippen LogP contribution in [0.4, 0.5) is 0 Å². The largest absolute Gasteiger partial charge is 0.317 e. The first-order valence-electron chi connectivity index (χ1n) is 7.80. The summed E-state index contributed by atoms with van der Waals surface area (Å²) in [6, 6.07) is 7.05. The molecule has 2 unspecified atom stereocenters. The molecule has 0 aliphatic carbocycles. The zero-order valence-corrected chi connectivity index (χ0v) is 13.0. The monoisotopic (exact) mass is 278 g/mol. The normalized spacial score (nSPS) is 31.6. The van der Waals surface area contributed by atoms with Crippen molar-refractivity contribution in [2.75, 3.05) is 7.05 Å². The van der Waals surface area contributed by atoms with E-state index in [0.717, 1.165) is 18.1 Å². The predicted molar refractivity (Wildman–Crippen MR) is 82.7 cm³/mol. The third-order valence-corrected chi connectivity index (χ3v) is 6.15. The van der Waals surface area contributed by atoms with Crippen LogP contribution in [0.3, 0.4) is 0 Å². The number of rotatable bonds is 4. The highest BCUT2D eigenvalue weighted by atomic mass is 32.1. The van der Waals surface area contributed by atoms with Crippen molar-refractivity contribution in [3.63, 3.8) is 0 Å². The van der Waals surface area contributed by atoms with E-state index in [1.54, 1.807) is 4.88 Å². The highest BCUT2D eigenvalue weighted by molar-refractivity contribution is 7.11. The van der Waals surface area contributed by atoms with Crippen LogP contribution in [0.15, 0.2) is 12.1 Å². The molecule has 1 N–H and O–H groups in total. The molecule has 1 aromatic heterocycles. The maximum Gasteiger partial charge on any atom is 0.0333 e. The lowest BCUT2D eigenvalue weighted by Crippen LogP contribution is -2.55. The van der Waals surface area contributed by atoms with Crippen LogP contribution in [0.1, 0.15) is 48.8 Å². The Kier molecular flexibility index (Phi) is 4.25. The standard InChI is InChI=1S/C16H26N2S/c1-3-15-7-8-16(19-15)11-18-13-5-4-6-14(18)10-12(9-13)17-2/h7-8,12-14,17H,3-6,9-11H2,1-2H3. The molecule has 19 heavy (non-hydrogen) atoms. The number of fused-ring (bicyclic) bond motifs is 2. The van der Waals surface area contributed by atoms with Crippen LogP contribution in [0.2, 0.25) is 0 Å². The van der Waals surface area contributed by atoms with Crippen molar-refractivity contribution in [2.45, 2.75) is 70.1 Å². The van der Waals surface area contributed by atoms with Crippen molar-refractivity contribution in [3.8, 4) is 0 Å². The van der Waals surface area contributed by atoms with Crippen molar-refractivity contribution < 1.29 is 0 Å². The molecule has 2 bridgehead atoms. The summed E-state index contributed by atoms with van der Waals surface area (Å²) in [6.07, 6.45) is 8.12. The Hall–Kier alpha value is -0.380. The number of hydrogen-bond acceptors (Lipinski definition) is 3. The molecular weight excluding hydrogens is 252 g/mol. The first kappa shape index (κ1) is 13.6. The number of thiophene rings is 1. The summed E-state index contributed by atoms with van der Waals surface area (Å²) in [7, 11) is 2.13. The fourth-order valence-corrected chi connectivity index (χ4v) is 4.82. The third-order valence-electron chi connectivity index (χ3n) is 4.94. The molecule has 106 valence electrons. The van der Waals surface area contributed by atoms with Gasteiger partial charge in [0.15, 0.2) is 0 Å². The quantitative estimate of drug-likeness (QED) is 0.908. The molecule has 0 amide bonds. The van der Waals surface area contributed by atoms with E-state index in [1.165, 1.54) is 49.9 Å². The molecule has 0 aromatic carbocycles. The Bertz CT molecular complexity index is 401. The number of nitrogens with zero attached hydrogens (tertiary/aromatic N) is 1. The smallest absolute Gasteiger partial charge is 0.0333 e. The molecule has 0 radical (unpaired) electrons. The lowest BCUT2D eigenvalue weighted by molar-refractivity contribution is 0.0199. The van der Waals surface area contributed by atoms with E-state index < -0.39 is 0 Å². The van der Waals surface area contributed by atoms with Gasteiger partial charge < -0.3 is 5.32 Å². The topological polar surface area (TPSA) is 15.3 Å². The molecule has 2 aliphatic rings. The van der Waals surface area contributed by atoms with Gasteiger partial charge in [-0.2, -0.15) is 0 Å². The molecule has 2 saturated heterocycles. The molecule has 3 heteroatoms. The van der Waals surface area contributed by atoms with Gasteiger partial charge in [0.1, 0.15) is 0 Å². The van der Waals surface area contributed by atoms with Gasteiger partial charge in [-0.05, 0) is 51.3 Å². The zero-order valence-electron chi connectivity index (χ0n) is 12.2. The fourth-order valence-electron chi connectivity index (χ4n) is 3.85. The average Bonchev–Trinajstić information content (AvgIpc) is 2.86. The molecule has 3 rings (SSSR count). The maximum atomic E-state index is 3.51. The van der Waals surface area contributed by atoms with Crippen molar-refractivity contribution in [3.05, 3.63) is 21.9 Å². The van der Waals surface area contributed by atoms with Crippen molar-refractivity contribution in [2.24, 2.45) is 0 Å². The van der Waals surface area contributed by atoms with E-state index in [9.17, 15) is 0 Å². The van der Waals surface area contributed by atoms with E-state index >= 15 is 0 Å². The number of nitrogens with one attached hydrogen (secondary N) is 1. The van der Waals surface area contributed by atoms with Crippen molar-refractivity contribution in [1.82, 2.24) is 10.2 Å². The van der Waals surface area contributed by atoms with Crippen LogP contribution in [-0.4, -0.2) is 30.1 Å². The molecule has 0 spiro atoms.